The van der Waals surface area contributed by atoms with Crippen molar-refractivity contribution in [3.8, 4) is 0 Å². The molecule has 1 rings (SSSR count). The van der Waals surface area contributed by atoms with Gasteiger partial charge in [-0.15, -0.1) is 0 Å². The van der Waals surface area contributed by atoms with Gasteiger partial charge in [0, 0.05) is 9.99 Å². The van der Waals surface area contributed by atoms with Crippen molar-refractivity contribution >= 4 is 34.7 Å². The van der Waals surface area contributed by atoms with E-state index in [1.807, 2.05) is 24.3 Å². The Bertz CT molecular complexity index is 488. The van der Waals surface area contributed by atoms with E-state index in [0.717, 1.165) is 22.0 Å². The maximum atomic E-state index is 11.7. The molecule has 1 amide bonds. The maximum Gasteiger partial charge on any atom is 0.240 e. The third kappa shape index (κ3) is 11.6. The largest absolute Gasteiger partial charge is 0.273 e. The van der Waals surface area contributed by atoms with Crippen LogP contribution in [0.4, 0.5) is 0 Å². The molecule has 1 aromatic carbocycles. The number of hydrogen-bond donors (Lipinski definition) is 1. The summed E-state index contributed by atoms with van der Waals surface area (Å²) in [6.45, 7) is 2.25. The van der Waals surface area contributed by atoms with Crippen molar-refractivity contribution in [2.24, 2.45) is 5.10 Å². The molecule has 134 valence electrons. The second-order valence-corrected chi connectivity index (χ2v) is 7.53. The summed E-state index contributed by atoms with van der Waals surface area (Å²) in [4.78, 5) is 11.7. The number of hydrogen-bond acceptors (Lipinski definition) is 2. The molecule has 1 aromatic rings. The number of carbonyl (C=O) groups excluding carboxylic acids is 1. The molecule has 0 aliphatic carbocycles. The monoisotopic (exact) mass is 442 g/mol. The summed E-state index contributed by atoms with van der Waals surface area (Å²) >= 11 is 2.26. The molecule has 0 fully saturated rings. The van der Waals surface area contributed by atoms with Gasteiger partial charge < -0.3 is 0 Å². The number of halogens is 1. The molecule has 24 heavy (non-hydrogen) atoms. The fourth-order valence-corrected chi connectivity index (χ4v) is 3.16. The van der Waals surface area contributed by atoms with E-state index in [9.17, 15) is 4.79 Å². The van der Waals surface area contributed by atoms with Crippen LogP contribution >= 0.6 is 22.6 Å². The van der Waals surface area contributed by atoms with Gasteiger partial charge in [-0.2, -0.15) is 5.10 Å². The Kier molecular flexibility index (Phi) is 12.7. The lowest BCUT2D eigenvalue weighted by Crippen LogP contribution is -2.16. The van der Waals surface area contributed by atoms with Gasteiger partial charge in [0.05, 0.1) is 6.21 Å². The van der Waals surface area contributed by atoms with Gasteiger partial charge in [0.2, 0.25) is 5.91 Å². The van der Waals surface area contributed by atoms with Gasteiger partial charge in [-0.05, 0) is 46.7 Å². The van der Waals surface area contributed by atoms with Crippen LogP contribution in [0.25, 0.3) is 0 Å². The molecule has 0 radical (unpaired) electrons. The average Bonchev–Trinajstić information content (AvgIpc) is 2.56. The van der Waals surface area contributed by atoms with E-state index in [1.165, 1.54) is 51.4 Å². The highest BCUT2D eigenvalue weighted by molar-refractivity contribution is 14.1. The fraction of sp³-hybridized carbons (Fsp3) is 0.600. The van der Waals surface area contributed by atoms with E-state index in [4.69, 9.17) is 0 Å². The van der Waals surface area contributed by atoms with Crippen LogP contribution in [0.3, 0.4) is 0 Å². The van der Waals surface area contributed by atoms with E-state index >= 15 is 0 Å². The first-order valence-electron chi connectivity index (χ1n) is 9.30. The summed E-state index contributed by atoms with van der Waals surface area (Å²) in [6.07, 6.45) is 15.1. The number of benzene rings is 1. The first kappa shape index (κ1) is 21.1. The van der Waals surface area contributed by atoms with Crippen molar-refractivity contribution in [3.05, 3.63) is 33.4 Å². The Morgan fingerprint density at radius 2 is 1.67 bits per heavy atom. The Hall–Kier alpha value is -0.910. The van der Waals surface area contributed by atoms with Crippen molar-refractivity contribution in [2.75, 3.05) is 0 Å². The third-order valence-corrected chi connectivity index (χ3v) is 4.68. The SMILES string of the molecule is CCCCCCCCCCCCC(=O)NN=Cc1cccc(I)c1. The van der Waals surface area contributed by atoms with Crippen LogP contribution in [0.2, 0.25) is 0 Å². The Morgan fingerprint density at radius 3 is 2.29 bits per heavy atom. The molecule has 0 atom stereocenters. The predicted molar refractivity (Wildman–Crippen MR) is 111 cm³/mol. The fourth-order valence-electron chi connectivity index (χ4n) is 2.59. The van der Waals surface area contributed by atoms with Crippen LogP contribution in [0, 0.1) is 3.57 Å². The summed E-state index contributed by atoms with van der Waals surface area (Å²) in [5, 5.41) is 4.02. The Labute approximate surface area is 160 Å². The second-order valence-electron chi connectivity index (χ2n) is 6.28. The number of rotatable bonds is 13. The van der Waals surface area contributed by atoms with Gasteiger partial charge >= 0.3 is 0 Å². The van der Waals surface area contributed by atoms with Crippen molar-refractivity contribution in [1.29, 1.82) is 0 Å². The molecule has 3 nitrogen and oxygen atoms in total. The van der Waals surface area contributed by atoms with Gasteiger partial charge in [-0.3, -0.25) is 4.79 Å². The zero-order chi connectivity index (χ0) is 17.5. The number of nitrogens with zero attached hydrogens (tertiary/aromatic N) is 1. The highest BCUT2D eigenvalue weighted by atomic mass is 127. The van der Waals surface area contributed by atoms with E-state index in [0.29, 0.717) is 6.42 Å². The predicted octanol–water partition coefficient (Wildman–Crippen LogP) is 6.05. The summed E-state index contributed by atoms with van der Waals surface area (Å²) in [6, 6.07) is 8.01. The summed E-state index contributed by atoms with van der Waals surface area (Å²) in [5.74, 6) is 0.0106. The number of hydrazone groups is 1. The summed E-state index contributed by atoms with van der Waals surface area (Å²) in [5.41, 5.74) is 3.61. The number of nitrogens with one attached hydrogen (secondary N) is 1. The molecule has 0 bridgehead atoms. The molecule has 0 heterocycles. The summed E-state index contributed by atoms with van der Waals surface area (Å²) < 4.78 is 1.16. The van der Waals surface area contributed by atoms with Crippen molar-refractivity contribution < 1.29 is 4.79 Å². The zero-order valence-electron chi connectivity index (χ0n) is 14.9. The van der Waals surface area contributed by atoms with Gasteiger partial charge in [0.25, 0.3) is 0 Å². The van der Waals surface area contributed by atoms with Gasteiger partial charge in [-0.25, -0.2) is 5.43 Å². The minimum absolute atomic E-state index is 0.0106. The average molecular weight is 442 g/mol. The quantitative estimate of drug-likeness (QED) is 0.172. The van der Waals surface area contributed by atoms with Crippen LogP contribution < -0.4 is 5.43 Å². The number of amides is 1. The molecule has 0 aliphatic heterocycles. The van der Waals surface area contributed by atoms with E-state index < -0.39 is 0 Å². The lowest BCUT2D eigenvalue weighted by molar-refractivity contribution is -0.121. The normalized spacial score (nSPS) is 11.1. The highest BCUT2D eigenvalue weighted by Crippen LogP contribution is 2.11. The van der Waals surface area contributed by atoms with E-state index in [1.54, 1.807) is 6.21 Å². The van der Waals surface area contributed by atoms with Crippen LogP contribution in [-0.2, 0) is 4.79 Å². The van der Waals surface area contributed by atoms with Crippen LogP contribution in [0.1, 0.15) is 83.1 Å². The van der Waals surface area contributed by atoms with Crippen molar-refractivity contribution in [1.82, 2.24) is 5.43 Å². The Balaban J connectivity index is 1.96. The lowest BCUT2D eigenvalue weighted by atomic mass is 10.1. The van der Waals surface area contributed by atoms with Crippen LogP contribution in [0.5, 0.6) is 0 Å². The van der Waals surface area contributed by atoms with Gasteiger partial charge in [0.1, 0.15) is 0 Å². The van der Waals surface area contributed by atoms with Crippen LogP contribution in [0.15, 0.2) is 29.4 Å². The minimum Gasteiger partial charge on any atom is -0.273 e. The molecule has 0 saturated heterocycles. The molecule has 1 N–H and O–H groups in total. The zero-order valence-corrected chi connectivity index (χ0v) is 17.1. The Morgan fingerprint density at radius 1 is 1.04 bits per heavy atom. The smallest absolute Gasteiger partial charge is 0.240 e. The molecular formula is C20H31IN2O. The third-order valence-electron chi connectivity index (χ3n) is 4.01. The first-order chi connectivity index (χ1) is 11.7. The minimum atomic E-state index is 0.0106. The molecule has 4 heteroatoms. The molecule has 0 spiro atoms. The van der Waals surface area contributed by atoms with E-state index in [-0.39, 0.29) is 5.91 Å². The molecule has 0 unspecified atom stereocenters. The number of unbranched alkanes of at least 4 members (excludes halogenated alkanes) is 9. The van der Waals surface area contributed by atoms with Crippen molar-refractivity contribution in [3.63, 3.8) is 0 Å². The maximum absolute atomic E-state index is 11.7. The van der Waals surface area contributed by atoms with Crippen molar-refractivity contribution in [2.45, 2.75) is 77.6 Å². The molecular weight excluding hydrogens is 411 g/mol. The van der Waals surface area contributed by atoms with E-state index in [2.05, 4.69) is 40.0 Å². The first-order valence-corrected chi connectivity index (χ1v) is 10.4. The van der Waals surface area contributed by atoms with Gasteiger partial charge in [0.15, 0.2) is 0 Å². The number of carbonyl (C=O) groups is 1. The topological polar surface area (TPSA) is 41.5 Å². The molecule has 0 aromatic heterocycles. The highest BCUT2D eigenvalue weighted by Gasteiger charge is 1.99. The second kappa shape index (κ2) is 14.4. The lowest BCUT2D eigenvalue weighted by Gasteiger charge is -2.02. The standard InChI is InChI=1S/C20H31IN2O/c1-2-3-4-5-6-7-8-9-10-11-15-20(24)23-22-17-18-13-12-14-19(21)16-18/h12-14,16-17H,2-11,15H2,1H3,(H,23,24). The molecule has 0 saturated carbocycles. The molecule has 0 aliphatic rings. The van der Waals surface area contributed by atoms with Gasteiger partial charge in [-0.1, -0.05) is 76.8 Å². The van der Waals surface area contributed by atoms with Crippen LogP contribution in [-0.4, -0.2) is 12.1 Å². The summed E-state index contributed by atoms with van der Waals surface area (Å²) in [7, 11) is 0.